The predicted octanol–water partition coefficient (Wildman–Crippen LogP) is -1.29. The van der Waals surface area contributed by atoms with E-state index >= 15 is 0 Å². The molecule has 1 aromatic heterocycles. The van der Waals surface area contributed by atoms with Crippen LogP contribution in [0.3, 0.4) is 0 Å². The smallest absolute Gasteiger partial charge is 0.326 e. The van der Waals surface area contributed by atoms with E-state index in [1.165, 1.54) is 12.5 Å². The first kappa shape index (κ1) is 27.5. The van der Waals surface area contributed by atoms with Gasteiger partial charge < -0.3 is 36.9 Å². The lowest BCUT2D eigenvalue weighted by atomic mass is 10.0. The molecular formula is C23H32N6O6. The molecule has 3 amide bonds. The Morgan fingerprint density at radius 2 is 1.54 bits per heavy atom. The van der Waals surface area contributed by atoms with Gasteiger partial charge in [0.15, 0.2) is 0 Å². The molecule has 0 radical (unpaired) electrons. The molecule has 4 atom stereocenters. The van der Waals surface area contributed by atoms with E-state index in [0.717, 1.165) is 0 Å². The quantitative estimate of drug-likeness (QED) is 0.180. The molecule has 2 aromatic rings. The van der Waals surface area contributed by atoms with E-state index in [9.17, 15) is 29.4 Å². The van der Waals surface area contributed by atoms with Gasteiger partial charge in [0.25, 0.3) is 0 Å². The lowest BCUT2D eigenvalue weighted by Crippen LogP contribution is -2.59. The molecule has 190 valence electrons. The van der Waals surface area contributed by atoms with Crippen molar-refractivity contribution in [3.63, 3.8) is 0 Å². The Hall–Kier alpha value is -3.77. The fraction of sp³-hybridized carbons (Fsp3) is 0.435. The fourth-order valence-corrected chi connectivity index (χ4v) is 3.18. The standard InChI is InChI=1S/C23H32N6O6/c1-13(2)19(24)22(33)27-16(9-15-10-25-12-26-15)20(31)29-18(11-30)21(32)28-17(23(34)35)8-14-6-4-3-5-7-14/h3-7,10,12-13,16-19,30H,8-9,11,24H2,1-2H3,(H,25,26)(H,27,33)(H,28,32)(H,29,31)(H,34,35). The van der Waals surface area contributed by atoms with Crippen LogP contribution in [0.15, 0.2) is 42.9 Å². The van der Waals surface area contributed by atoms with Gasteiger partial charge in [0, 0.05) is 24.7 Å². The zero-order valence-electron chi connectivity index (χ0n) is 19.6. The molecule has 0 spiro atoms. The van der Waals surface area contributed by atoms with Gasteiger partial charge in [0.05, 0.1) is 19.0 Å². The number of aliphatic carboxylic acids is 1. The average molecular weight is 489 g/mol. The topological polar surface area (TPSA) is 200 Å². The molecule has 0 aliphatic rings. The number of amides is 3. The molecule has 12 nitrogen and oxygen atoms in total. The van der Waals surface area contributed by atoms with Crippen LogP contribution in [0.2, 0.25) is 0 Å². The SMILES string of the molecule is CC(C)C(N)C(=O)NC(Cc1cnc[nH]1)C(=O)NC(CO)C(=O)NC(Cc1ccccc1)C(=O)O. The van der Waals surface area contributed by atoms with E-state index < -0.39 is 54.5 Å². The maximum absolute atomic E-state index is 13.0. The van der Waals surface area contributed by atoms with Gasteiger partial charge in [-0.05, 0) is 11.5 Å². The molecule has 0 aliphatic heterocycles. The number of hydrogen-bond acceptors (Lipinski definition) is 7. The molecule has 0 aliphatic carbocycles. The minimum atomic E-state index is -1.44. The molecule has 0 fully saturated rings. The number of carboxylic acids is 1. The second-order valence-electron chi connectivity index (χ2n) is 8.44. The van der Waals surface area contributed by atoms with Crippen LogP contribution in [0.4, 0.5) is 0 Å². The Morgan fingerprint density at radius 3 is 2.09 bits per heavy atom. The molecule has 12 heteroatoms. The molecule has 8 N–H and O–H groups in total. The van der Waals surface area contributed by atoms with Crippen molar-refractivity contribution in [2.24, 2.45) is 11.7 Å². The van der Waals surface area contributed by atoms with Crippen molar-refractivity contribution in [2.75, 3.05) is 6.61 Å². The highest BCUT2D eigenvalue weighted by atomic mass is 16.4. The lowest BCUT2D eigenvalue weighted by molar-refractivity contribution is -0.142. The van der Waals surface area contributed by atoms with Crippen molar-refractivity contribution in [3.05, 3.63) is 54.1 Å². The number of aromatic nitrogens is 2. The highest BCUT2D eigenvalue weighted by molar-refractivity contribution is 5.94. The molecule has 4 unspecified atom stereocenters. The van der Waals surface area contributed by atoms with Crippen LogP contribution >= 0.6 is 0 Å². The molecule has 2 rings (SSSR count). The summed E-state index contributed by atoms with van der Waals surface area (Å²) in [6, 6.07) is 3.99. The van der Waals surface area contributed by atoms with Gasteiger partial charge >= 0.3 is 5.97 Å². The number of benzene rings is 1. The Bertz CT molecular complexity index is 982. The summed E-state index contributed by atoms with van der Waals surface area (Å²) < 4.78 is 0. The van der Waals surface area contributed by atoms with E-state index in [4.69, 9.17) is 5.73 Å². The summed E-state index contributed by atoms with van der Waals surface area (Å²) in [5, 5.41) is 26.5. The predicted molar refractivity (Wildman–Crippen MR) is 126 cm³/mol. The Kier molecular flexibility index (Phi) is 10.4. The number of hydrogen-bond donors (Lipinski definition) is 7. The highest BCUT2D eigenvalue weighted by Gasteiger charge is 2.31. The van der Waals surface area contributed by atoms with Crippen molar-refractivity contribution in [3.8, 4) is 0 Å². The van der Waals surface area contributed by atoms with Gasteiger partial charge in [-0.3, -0.25) is 14.4 Å². The maximum Gasteiger partial charge on any atom is 0.326 e. The maximum atomic E-state index is 13.0. The summed E-state index contributed by atoms with van der Waals surface area (Å²) in [7, 11) is 0. The number of rotatable bonds is 13. The normalized spacial score (nSPS) is 14.4. The Balaban J connectivity index is 2.10. The monoisotopic (exact) mass is 488 g/mol. The first-order valence-corrected chi connectivity index (χ1v) is 11.1. The van der Waals surface area contributed by atoms with Gasteiger partial charge in [-0.15, -0.1) is 0 Å². The van der Waals surface area contributed by atoms with Crippen LogP contribution in [0, 0.1) is 5.92 Å². The summed E-state index contributed by atoms with van der Waals surface area (Å²) in [4.78, 5) is 56.5. The fourth-order valence-electron chi connectivity index (χ4n) is 3.18. The van der Waals surface area contributed by atoms with Gasteiger partial charge in [0.1, 0.15) is 18.1 Å². The molecule has 0 bridgehead atoms. The third kappa shape index (κ3) is 8.50. The van der Waals surface area contributed by atoms with E-state index in [1.807, 2.05) is 0 Å². The van der Waals surface area contributed by atoms with Gasteiger partial charge in [-0.25, -0.2) is 9.78 Å². The lowest BCUT2D eigenvalue weighted by Gasteiger charge is -2.25. The van der Waals surface area contributed by atoms with Gasteiger partial charge in [0.2, 0.25) is 17.7 Å². The van der Waals surface area contributed by atoms with Crippen LogP contribution < -0.4 is 21.7 Å². The zero-order valence-corrected chi connectivity index (χ0v) is 19.6. The largest absolute Gasteiger partial charge is 0.480 e. The Labute approximate surface area is 202 Å². The number of aromatic amines is 1. The van der Waals surface area contributed by atoms with Crippen molar-refractivity contribution in [2.45, 2.75) is 50.9 Å². The molecule has 0 saturated carbocycles. The van der Waals surface area contributed by atoms with Crippen molar-refractivity contribution < 1.29 is 29.4 Å². The molecule has 35 heavy (non-hydrogen) atoms. The van der Waals surface area contributed by atoms with Crippen LogP contribution in [0.25, 0.3) is 0 Å². The van der Waals surface area contributed by atoms with E-state index in [2.05, 4.69) is 25.9 Å². The number of nitrogens with one attached hydrogen (secondary N) is 4. The van der Waals surface area contributed by atoms with Crippen LogP contribution in [0.1, 0.15) is 25.1 Å². The van der Waals surface area contributed by atoms with Crippen LogP contribution in [-0.4, -0.2) is 74.6 Å². The first-order valence-electron chi connectivity index (χ1n) is 11.1. The second kappa shape index (κ2) is 13.2. The summed E-state index contributed by atoms with van der Waals surface area (Å²) in [5.74, 6) is -3.64. The summed E-state index contributed by atoms with van der Waals surface area (Å²) >= 11 is 0. The molecule has 1 heterocycles. The number of nitrogens with two attached hydrogens (primary N) is 1. The van der Waals surface area contributed by atoms with Crippen molar-refractivity contribution in [1.82, 2.24) is 25.9 Å². The molecule has 1 aromatic carbocycles. The summed E-state index contributed by atoms with van der Waals surface area (Å²) in [6.45, 7) is 2.73. The number of carboxylic acid groups (broad SMARTS) is 1. The second-order valence-corrected chi connectivity index (χ2v) is 8.44. The Morgan fingerprint density at radius 1 is 0.943 bits per heavy atom. The number of aliphatic hydroxyl groups is 1. The van der Waals surface area contributed by atoms with Crippen molar-refractivity contribution in [1.29, 1.82) is 0 Å². The number of nitrogens with zero attached hydrogens (tertiary/aromatic N) is 1. The van der Waals surface area contributed by atoms with Crippen LogP contribution in [0.5, 0.6) is 0 Å². The molecule has 0 saturated heterocycles. The highest BCUT2D eigenvalue weighted by Crippen LogP contribution is 2.06. The third-order valence-corrected chi connectivity index (χ3v) is 5.35. The van der Waals surface area contributed by atoms with E-state index in [-0.39, 0.29) is 18.8 Å². The minimum Gasteiger partial charge on any atom is -0.480 e. The minimum absolute atomic E-state index is 0.0135. The van der Waals surface area contributed by atoms with Crippen LogP contribution in [-0.2, 0) is 32.0 Å². The van der Waals surface area contributed by atoms with Gasteiger partial charge in [-0.2, -0.15) is 0 Å². The average Bonchev–Trinajstić information content (AvgIpc) is 3.34. The number of carbonyl (C=O) groups is 4. The summed E-state index contributed by atoms with van der Waals surface area (Å²) in [5.41, 5.74) is 7.11. The van der Waals surface area contributed by atoms with Gasteiger partial charge in [-0.1, -0.05) is 44.2 Å². The van der Waals surface area contributed by atoms with E-state index in [1.54, 1.807) is 44.2 Å². The zero-order chi connectivity index (χ0) is 26.0. The number of H-pyrrole nitrogens is 1. The molecular weight excluding hydrogens is 456 g/mol. The number of aliphatic hydroxyl groups excluding tert-OH is 1. The van der Waals surface area contributed by atoms with E-state index in [0.29, 0.717) is 11.3 Å². The first-order chi connectivity index (χ1) is 16.6. The van der Waals surface area contributed by atoms with Crippen molar-refractivity contribution >= 4 is 23.7 Å². The number of imidazole rings is 1. The summed E-state index contributed by atoms with van der Waals surface area (Å²) in [6.07, 6.45) is 2.92. The third-order valence-electron chi connectivity index (χ3n) is 5.35. The number of carbonyl (C=O) groups excluding carboxylic acids is 3.